The van der Waals surface area contributed by atoms with Crippen LogP contribution in [-0.4, -0.2) is 53.8 Å². The summed E-state index contributed by atoms with van der Waals surface area (Å²) in [6, 6.07) is 7.17. The van der Waals surface area contributed by atoms with Crippen LogP contribution in [-0.2, 0) is 4.79 Å². The summed E-state index contributed by atoms with van der Waals surface area (Å²) in [7, 11) is 0. The zero-order chi connectivity index (χ0) is 18.0. The third-order valence-corrected chi connectivity index (χ3v) is 5.68. The Labute approximate surface area is 166 Å². The highest BCUT2D eigenvalue weighted by molar-refractivity contribution is 6.30. The first-order chi connectivity index (χ1) is 12.0. The van der Waals surface area contributed by atoms with Crippen LogP contribution in [0.1, 0.15) is 36.5 Å². The van der Waals surface area contributed by atoms with E-state index in [0.29, 0.717) is 36.1 Å². The summed E-state index contributed by atoms with van der Waals surface area (Å²) < 4.78 is 0. The van der Waals surface area contributed by atoms with Gasteiger partial charge in [0.15, 0.2) is 0 Å². The van der Waals surface area contributed by atoms with E-state index in [9.17, 15) is 9.59 Å². The van der Waals surface area contributed by atoms with Crippen molar-refractivity contribution < 1.29 is 9.59 Å². The molecule has 3 atom stereocenters. The van der Waals surface area contributed by atoms with Gasteiger partial charge >= 0.3 is 0 Å². The molecule has 2 saturated heterocycles. The van der Waals surface area contributed by atoms with Crippen LogP contribution in [0.2, 0.25) is 5.02 Å². The number of rotatable bonds is 3. The molecule has 1 aromatic carbocycles. The molecule has 2 aliphatic rings. The number of carbonyl (C=O) groups excluding carboxylic acids is 2. The van der Waals surface area contributed by atoms with Gasteiger partial charge in [0, 0.05) is 36.3 Å². The van der Waals surface area contributed by atoms with E-state index in [0.717, 1.165) is 25.8 Å². The minimum Gasteiger partial charge on any atom is -0.339 e. The highest BCUT2D eigenvalue weighted by atomic mass is 35.5. The average molecular weight is 400 g/mol. The summed E-state index contributed by atoms with van der Waals surface area (Å²) in [6.45, 7) is 4.66. The molecule has 0 saturated carbocycles. The Balaban J connectivity index is 0.00000243. The quantitative estimate of drug-likeness (QED) is 0.849. The predicted octanol–water partition coefficient (Wildman–Crippen LogP) is 2.81. The molecular formula is C19H27Cl2N3O2. The standard InChI is InChI=1S/C19H26ClN3O2.ClH/c1-13-9-14(10-21)11-23(13)19(25)16-3-2-8-22(12-16)18(24)15-4-6-17(20)7-5-15;/h4-7,13-14,16H,2-3,8-12,21H2,1H3;1H. The van der Waals surface area contributed by atoms with Gasteiger partial charge < -0.3 is 15.5 Å². The Morgan fingerprint density at radius 2 is 1.92 bits per heavy atom. The van der Waals surface area contributed by atoms with Crippen molar-refractivity contribution in [1.82, 2.24) is 9.80 Å². The lowest BCUT2D eigenvalue weighted by Gasteiger charge is -2.35. The zero-order valence-corrected chi connectivity index (χ0v) is 16.6. The Morgan fingerprint density at radius 1 is 1.23 bits per heavy atom. The van der Waals surface area contributed by atoms with Gasteiger partial charge in [-0.2, -0.15) is 0 Å². The number of carbonyl (C=O) groups is 2. The third-order valence-electron chi connectivity index (χ3n) is 5.43. The number of hydrogen-bond acceptors (Lipinski definition) is 3. The third kappa shape index (κ3) is 4.51. The second-order valence-corrected chi connectivity index (χ2v) is 7.71. The Morgan fingerprint density at radius 3 is 2.54 bits per heavy atom. The fourth-order valence-corrected chi connectivity index (χ4v) is 4.12. The minimum absolute atomic E-state index is 0. The summed E-state index contributed by atoms with van der Waals surface area (Å²) in [5, 5.41) is 0.612. The highest BCUT2D eigenvalue weighted by Gasteiger charge is 2.37. The molecule has 2 amide bonds. The normalized spacial score (nSPS) is 25.7. The maximum absolute atomic E-state index is 13.0. The molecule has 0 radical (unpaired) electrons. The number of hydrogen-bond donors (Lipinski definition) is 1. The fourth-order valence-electron chi connectivity index (χ4n) is 3.99. The molecule has 144 valence electrons. The van der Waals surface area contributed by atoms with E-state index < -0.39 is 0 Å². The van der Waals surface area contributed by atoms with Crippen LogP contribution >= 0.6 is 24.0 Å². The first kappa shape index (κ1) is 21.0. The Bertz CT molecular complexity index is 638. The van der Waals surface area contributed by atoms with Crippen molar-refractivity contribution in [2.75, 3.05) is 26.2 Å². The molecule has 0 aliphatic carbocycles. The van der Waals surface area contributed by atoms with Crippen LogP contribution in [0, 0.1) is 11.8 Å². The molecule has 1 aromatic rings. The lowest BCUT2D eigenvalue weighted by Crippen LogP contribution is -2.47. The Hall–Kier alpha value is -1.30. The number of benzene rings is 1. The number of nitrogens with zero attached hydrogens (tertiary/aromatic N) is 2. The molecule has 0 aromatic heterocycles. The second-order valence-electron chi connectivity index (χ2n) is 7.27. The van der Waals surface area contributed by atoms with E-state index in [1.54, 1.807) is 29.2 Å². The SMILES string of the molecule is CC1CC(CN)CN1C(=O)C1CCCN(C(=O)c2ccc(Cl)cc2)C1.Cl. The van der Waals surface area contributed by atoms with Crippen LogP contribution in [0.25, 0.3) is 0 Å². The van der Waals surface area contributed by atoms with Gasteiger partial charge in [-0.1, -0.05) is 11.6 Å². The summed E-state index contributed by atoms with van der Waals surface area (Å²) in [4.78, 5) is 29.4. The molecule has 3 rings (SSSR count). The summed E-state index contributed by atoms with van der Waals surface area (Å²) >= 11 is 5.89. The van der Waals surface area contributed by atoms with Gasteiger partial charge in [0.1, 0.15) is 0 Å². The molecule has 2 fully saturated rings. The van der Waals surface area contributed by atoms with Gasteiger partial charge in [-0.05, 0) is 62.9 Å². The molecule has 0 spiro atoms. The number of likely N-dealkylation sites (tertiary alicyclic amines) is 2. The second kappa shape index (κ2) is 9.07. The fraction of sp³-hybridized carbons (Fsp3) is 0.579. The first-order valence-corrected chi connectivity index (χ1v) is 9.42. The van der Waals surface area contributed by atoms with E-state index in [4.69, 9.17) is 17.3 Å². The maximum Gasteiger partial charge on any atom is 0.253 e. The molecule has 7 heteroatoms. The van der Waals surface area contributed by atoms with Crippen LogP contribution in [0.15, 0.2) is 24.3 Å². The number of halogens is 2. The van der Waals surface area contributed by atoms with Crippen molar-refractivity contribution in [2.45, 2.75) is 32.2 Å². The predicted molar refractivity (Wildman–Crippen MR) is 106 cm³/mol. The number of nitrogens with two attached hydrogens (primary N) is 1. The highest BCUT2D eigenvalue weighted by Crippen LogP contribution is 2.27. The van der Waals surface area contributed by atoms with Gasteiger partial charge in [0.05, 0.1) is 5.92 Å². The molecule has 2 heterocycles. The van der Waals surface area contributed by atoms with E-state index in [-0.39, 0.29) is 36.2 Å². The molecule has 3 unspecified atom stereocenters. The molecular weight excluding hydrogens is 373 g/mol. The van der Waals surface area contributed by atoms with Crippen molar-refractivity contribution in [3.05, 3.63) is 34.9 Å². The van der Waals surface area contributed by atoms with Crippen LogP contribution in [0.4, 0.5) is 0 Å². The first-order valence-electron chi connectivity index (χ1n) is 9.05. The lowest BCUT2D eigenvalue weighted by molar-refractivity contribution is -0.137. The van der Waals surface area contributed by atoms with Crippen molar-refractivity contribution in [1.29, 1.82) is 0 Å². The maximum atomic E-state index is 13.0. The minimum atomic E-state index is -0.107. The molecule has 2 N–H and O–H groups in total. The average Bonchev–Trinajstić information content (AvgIpc) is 3.02. The summed E-state index contributed by atoms with van der Waals surface area (Å²) in [5.74, 6) is 0.443. The molecule has 26 heavy (non-hydrogen) atoms. The lowest BCUT2D eigenvalue weighted by atomic mass is 9.95. The van der Waals surface area contributed by atoms with Gasteiger partial charge in [-0.15, -0.1) is 12.4 Å². The topological polar surface area (TPSA) is 66.6 Å². The van der Waals surface area contributed by atoms with E-state index >= 15 is 0 Å². The molecule has 5 nitrogen and oxygen atoms in total. The van der Waals surface area contributed by atoms with Gasteiger partial charge in [-0.25, -0.2) is 0 Å². The smallest absolute Gasteiger partial charge is 0.253 e. The van der Waals surface area contributed by atoms with E-state index in [1.165, 1.54) is 0 Å². The monoisotopic (exact) mass is 399 g/mol. The van der Waals surface area contributed by atoms with Crippen LogP contribution in [0.5, 0.6) is 0 Å². The van der Waals surface area contributed by atoms with Gasteiger partial charge in [0.25, 0.3) is 5.91 Å². The molecule has 0 bridgehead atoms. The van der Waals surface area contributed by atoms with Crippen molar-refractivity contribution in [3.8, 4) is 0 Å². The zero-order valence-electron chi connectivity index (χ0n) is 15.1. The molecule has 2 aliphatic heterocycles. The van der Waals surface area contributed by atoms with Crippen molar-refractivity contribution >= 4 is 35.8 Å². The van der Waals surface area contributed by atoms with Crippen LogP contribution in [0.3, 0.4) is 0 Å². The summed E-state index contributed by atoms with van der Waals surface area (Å²) in [6.07, 6.45) is 2.68. The van der Waals surface area contributed by atoms with E-state index in [1.807, 2.05) is 4.90 Å². The van der Waals surface area contributed by atoms with Crippen molar-refractivity contribution in [3.63, 3.8) is 0 Å². The Kier molecular flexibility index (Phi) is 7.33. The largest absolute Gasteiger partial charge is 0.339 e. The van der Waals surface area contributed by atoms with Gasteiger partial charge in [0.2, 0.25) is 5.91 Å². The van der Waals surface area contributed by atoms with Crippen LogP contribution < -0.4 is 5.73 Å². The summed E-state index contributed by atoms with van der Waals surface area (Å²) in [5.41, 5.74) is 6.39. The van der Waals surface area contributed by atoms with Crippen molar-refractivity contribution in [2.24, 2.45) is 17.6 Å². The van der Waals surface area contributed by atoms with E-state index in [2.05, 4.69) is 6.92 Å². The number of amides is 2. The number of piperidine rings is 1. The van der Waals surface area contributed by atoms with Gasteiger partial charge in [-0.3, -0.25) is 9.59 Å².